The lowest BCUT2D eigenvalue weighted by atomic mass is 9.91. The quantitative estimate of drug-likeness (QED) is 0.371. The van der Waals surface area contributed by atoms with Crippen molar-refractivity contribution < 1.29 is 8.91 Å². The zero-order valence-corrected chi connectivity index (χ0v) is 23.1. The van der Waals surface area contributed by atoms with Crippen molar-refractivity contribution in [3.05, 3.63) is 87.4 Å². The predicted octanol–water partition coefficient (Wildman–Crippen LogP) is 4.92. The van der Waals surface area contributed by atoms with E-state index in [4.69, 9.17) is 4.52 Å². The zero-order chi connectivity index (χ0) is 28.1. The molecule has 202 valence electrons. The molecule has 0 bridgehead atoms. The van der Waals surface area contributed by atoms with E-state index in [1.165, 1.54) is 12.1 Å². The number of aromatic nitrogens is 3. The number of anilines is 1. The van der Waals surface area contributed by atoms with E-state index < -0.39 is 0 Å². The van der Waals surface area contributed by atoms with Crippen molar-refractivity contribution in [1.29, 1.82) is 5.26 Å². The van der Waals surface area contributed by atoms with Gasteiger partial charge in [0.15, 0.2) is 0 Å². The SMILES string of the molecule is C[C@@H]1CN(c2cc(=O)n(C)c3ccc(C#N)nc23)[C@@H](C)CN1C(c1ccc(F)cc1)c1cc(C(C)(C)C)on1. The summed E-state index contributed by atoms with van der Waals surface area (Å²) in [4.78, 5) is 22.0. The molecule has 1 unspecified atom stereocenters. The number of nitriles is 1. The second-order valence-electron chi connectivity index (χ2n) is 11.5. The maximum absolute atomic E-state index is 13.9. The van der Waals surface area contributed by atoms with Crippen LogP contribution in [0.15, 0.2) is 57.8 Å². The Labute approximate surface area is 227 Å². The van der Waals surface area contributed by atoms with Gasteiger partial charge in [0.05, 0.1) is 17.2 Å². The molecule has 0 saturated carbocycles. The first-order valence-corrected chi connectivity index (χ1v) is 13.1. The molecule has 1 aromatic carbocycles. The summed E-state index contributed by atoms with van der Waals surface area (Å²) in [5.74, 6) is 0.496. The van der Waals surface area contributed by atoms with Gasteiger partial charge in [-0.25, -0.2) is 9.37 Å². The molecule has 8 nitrogen and oxygen atoms in total. The molecule has 1 aliphatic rings. The number of fused-ring (bicyclic) bond motifs is 1. The second kappa shape index (κ2) is 9.93. The summed E-state index contributed by atoms with van der Waals surface area (Å²) in [7, 11) is 1.71. The van der Waals surface area contributed by atoms with E-state index in [1.807, 2.05) is 6.07 Å². The first-order valence-electron chi connectivity index (χ1n) is 13.1. The topological polar surface area (TPSA) is 91.2 Å². The Balaban J connectivity index is 1.55. The van der Waals surface area contributed by atoms with Crippen LogP contribution in [0.1, 0.15) is 63.4 Å². The molecule has 4 aromatic rings. The molecule has 9 heteroatoms. The molecule has 1 aliphatic heterocycles. The number of rotatable bonds is 4. The fraction of sp³-hybridized carbons (Fsp3) is 0.400. The maximum atomic E-state index is 13.9. The van der Waals surface area contributed by atoms with Gasteiger partial charge in [-0.3, -0.25) is 9.69 Å². The van der Waals surface area contributed by atoms with Crippen LogP contribution in [0.5, 0.6) is 0 Å². The van der Waals surface area contributed by atoms with Gasteiger partial charge in [-0.2, -0.15) is 5.26 Å². The van der Waals surface area contributed by atoms with Crippen molar-refractivity contribution >= 4 is 16.7 Å². The standard InChI is InChI=1S/C30H33FN6O2/c1-18-17-37(29(20-7-9-21(31)10-8-20)23-13-26(39-34-23)30(3,4)5)19(2)16-36(18)25-14-27(38)35(6)24-12-11-22(15-32)33-28(24)25/h7-14,18-19,29H,16-17H2,1-6H3/t18-,19+,29?/m0/s1. The van der Waals surface area contributed by atoms with Crippen molar-refractivity contribution in [3.63, 3.8) is 0 Å². The second-order valence-corrected chi connectivity index (χ2v) is 11.5. The Kier molecular flexibility index (Phi) is 6.77. The molecule has 0 aliphatic carbocycles. The van der Waals surface area contributed by atoms with Crippen LogP contribution >= 0.6 is 0 Å². The van der Waals surface area contributed by atoms with Gasteiger partial charge in [-0.05, 0) is 43.7 Å². The number of piperazine rings is 1. The minimum atomic E-state index is -0.291. The minimum absolute atomic E-state index is 0.000911. The van der Waals surface area contributed by atoms with Gasteiger partial charge in [0, 0.05) is 49.8 Å². The van der Waals surface area contributed by atoms with E-state index in [9.17, 15) is 14.4 Å². The molecule has 1 saturated heterocycles. The Morgan fingerprint density at radius 3 is 2.44 bits per heavy atom. The number of pyridine rings is 2. The van der Waals surface area contributed by atoms with Crippen LogP contribution in [-0.2, 0) is 12.5 Å². The molecule has 0 N–H and O–H groups in total. The van der Waals surface area contributed by atoms with Gasteiger partial charge in [0.25, 0.3) is 5.56 Å². The summed E-state index contributed by atoms with van der Waals surface area (Å²) >= 11 is 0. The van der Waals surface area contributed by atoms with Crippen LogP contribution in [0.4, 0.5) is 10.1 Å². The Bertz CT molecular complexity index is 1610. The molecular formula is C30H33FN6O2. The van der Waals surface area contributed by atoms with Crippen LogP contribution in [-0.4, -0.2) is 44.8 Å². The highest BCUT2D eigenvalue weighted by atomic mass is 19.1. The molecule has 0 spiro atoms. The summed E-state index contributed by atoms with van der Waals surface area (Å²) < 4.78 is 21.2. The Morgan fingerprint density at radius 1 is 1.08 bits per heavy atom. The monoisotopic (exact) mass is 528 g/mol. The average molecular weight is 529 g/mol. The highest BCUT2D eigenvalue weighted by Crippen LogP contribution is 2.37. The smallest absolute Gasteiger partial charge is 0.252 e. The Hall–Kier alpha value is -4.03. The van der Waals surface area contributed by atoms with Gasteiger partial charge < -0.3 is 14.0 Å². The summed E-state index contributed by atoms with van der Waals surface area (Å²) in [5.41, 5.74) is 3.71. The van der Waals surface area contributed by atoms with Crippen molar-refractivity contribution in [2.24, 2.45) is 7.05 Å². The number of hydrogen-bond acceptors (Lipinski definition) is 7. The molecular weight excluding hydrogens is 495 g/mol. The third-order valence-electron chi connectivity index (χ3n) is 7.59. The normalized spacial score (nSPS) is 19.3. The molecule has 3 aromatic heterocycles. The molecule has 4 heterocycles. The molecule has 39 heavy (non-hydrogen) atoms. The Morgan fingerprint density at radius 2 is 1.79 bits per heavy atom. The molecule has 5 rings (SSSR count). The fourth-order valence-electron chi connectivity index (χ4n) is 5.39. The zero-order valence-electron chi connectivity index (χ0n) is 23.1. The highest BCUT2D eigenvalue weighted by molar-refractivity contribution is 5.89. The largest absolute Gasteiger partial charge is 0.364 e. The van der Waals surface area contributed by atoms with Gasteiger partial charge in [0.2, 0.25) is 0 Å². The van der Waals surface area contributed by atoms with E-state index >= 15 is 0 Å². The average Bonchev–Trinajstić information content (AvgIpc) is 3.40. The van der Waals surface area contributed by atoms with E-state index in [2.05, 4.69) is 60.6 Å². The number of nitrogens with zero attached hydrogens (tertiary/aromatic N) is 6. The maximum Gasteiger partial charge on any atom is 0.252 e. The van der Waals surface area contributed by atoms with Crippen LogP contribution in [0.2, 0.25) is 0 Å². The van der Waals surface area contributed by atoms with Gasteiger partial charge in [-0.1, -0.05) is 38.1 Å². The number of halogens is 1. The number of aryl methyl sites for hydroxylation is 1. The predicted molar refractivity (Wildman–Crippen MR) is 148 cm³/mol. The lowest BCUT2D eigenvalue weighted by molar-refractivity contribution is 0.125. The first-order chi connectivity index (χ1) is 18.5. The summed E-state index contributed by atoms with van der Waals surface area (Å²) in [6.45, 7) is 11.7. The molecule has 1 fully saturated rings. The van der Waals surface area contributed by atoms with E-state index in [0.29, 0.717) is 29.8 Å². The van der Waals surface area contributed by atoms with Gasteiger partial charge in [0.1, 0.15) is 34.6 Å². The third-order valence-corrected chi connectivity index (χ3v) is 7.59. The van der Waals surface area contributed by atoms with Gasteiger partial charge in [-0.15, -0.1) is 0 Å². The lowest BCUT2D eigenvalue weighted by Gasteiger charge is -2.48. The van der Waals surface area contributed by atoms with Crippen LogP contribution in [0.25, 0.3) is 11.0 Å². The highest BCUT2D eigenvalue weighted by Gasteiger charge is 2.37. The van der Waals surface area contributed by atoms with Crippen molar-refractivity contribution in [2.75, 3.05) is 18.0 Å². The van der Waals surface area contributed by atoms with Crippen LogP contribution < -0.4 is 10.5 Å². The number of hydrogen-bond donors (Lipinski definition) is 0. The van der Waals surface area contributed by atoms with Crippen molar-refractivity contribution in [2.45, 2.75) is 58.2 Å². The van der Waals surface area contributed by atoms with Crippen molar-refractivity contribution in [3.8, 4) is 6.07 Å². The summed E-state index contributed by atoms with van der Waals surface area (Å²) in [6, 6.07) is 15.5. The van der Waals surface area contributed by atoms with E-state index in [0.717, 1.165) is 22.7 Å². The minimum Gasteiger partial charge on any atom is -0.364 e. The summed E-state index contributed by atoms with van der Waals surface area (Å²) in [5, 5.41) is 13.9. The molecule has 0 amide bonds. The fourth-order valence-corrected chi connectivity index (χ4v) is 5.39. The van der Waals surface area contributed by atoms with Gasteiger partial charge >= 0.3 is 0 Å². The van der Waals surface area contributed by atoms with E-state index in [-0.39, 0.29) is 34.9 Å². The van der Waals surface area contributed by atoms with Crippen molar-refractivity contribution in [1.82, 2.24) is 19.6 Å². The number of benzene rings is 1. The first kappa shape index (κ1) is 26.6. The third kappa shape index (κ3) is 4.92. The van der Waals surface area contributed by atoms with Crippen LogP contribution in [0, 0.1) is 17.1 Å². The van der Waals surface area contributed by atoms with Crippen LogP contribution in [0.3, 0.4) is 0 Å². The molecule has 0 radical (unpaired) electrons. The lowest BCUT2D eigenvalue weighted by Crippen LogP contribution is -2.57. The van der Waals surface area contributed by atoms with E-state index in [1.54, 1.807) is 41.9 Å². The molecule has 3 atom stereocenters. The summed E-state index contributed by atoms with van der Waals surface area (Å²) in [6.07, 6.45) is 0.